The summed E-state index contributed by atoms with van der Waals surface area (Å²) < 4.78 is 71.5. The number of rotatable bonds is 11. The summed E-state index contributed by atoms with van der Waals surface area (Å²) >= 11 is 0. The molecule has 3 heterocycles. The van der Waals surface area contributed by atoms with Gasteiger partial charge in [0.2, 0.25) is 0 Å². The van der Waals surface area contributed by atoms with Gasteiger partial charge in [-0.2, -0.15) is 0 Å². The van der Waals surface area contributed by atoms with Crippen LogP contribution in [0.5, 0.6) is 0 Å². The molecular formula is C37H40F2N6O9S. The number of fused-ring (bicyclic) bond motifs is 1. The van der Waals surface area contributed by atoms with Crippen molar-refractivity contribution < 1.29 is 41.1 Å². The average Bonchev–Trinajstić information content (AvgIpc) is 3.11. The van der Waals surface area contributed by atoms with Crippen molar-refractivity contribution in [3.63, 3.8) is 0 Å². The monoisotopic (exact) mass is 782 g/mol. The molecule has 0 aliphatic carbocycles. The van der Waals surface area contributed by atoms with E-state index < -0.39 is 84.5 Å². The number of carbonyl (C=O) groups is 3. The van der Waals surface area contributed by atoms with Gasteiger partial charge in [-0.05, 0) is 70.5 Å². The second kappa shape index (κ2) is 15.9. The molecule has 2 amide bonds. The van der Waals surface area contributed by atoms with E-state index in [0.717, 1.165) is 22.9 Å². The minimum Gasteiger partial charge on any atom is -0.461 e. The molecule has 0 fully saturated rings. The molecule has 1 aliphatic heterocycles. The van der Waals surface area contributed by atoms with E-state index in [9.17, 15) is 32.4 Å². The number of sulfonamides is 1. The summed E-state index contributed by atoms with van der Waals surface area (Å²) in [6.07, 6.45) is 0.443. The molecule has 0 saturated heterocycles. The fraction of sp³-hybridized carbons (Fsp3) is 0.351. The van der Waals surface area contributed by atoms with Crippen LogP contribution in [0.2, 0.25) is 0 Å². The van der Waals surface area contributed by atoms with Crippen molar-refractivity contribution in [3.8, 4) is 5.69 Å². The van der Waals surface area contributed by atoms with Gasteiger partial charge in [0.1, 0.15) is 28.3 Å². The summed E-state index contributed by atoms with van der Waals surface area (Å²) in [6, 6.07) is 7.85. The van der Waals surface area contributed by atoms with Crippen molar-refractivity contribution in [1.82, 2.24) is 24.8 Å². The first-order chi connectivity index (χ1) is 25.8. The molecule has 0 spiro atoms. The van der Waals surface area contributed by atoms with Gasteiger partial charge in [-0.1, -0.05) is 12.1 Å². The molecule has 2 aromatic carbocycles. The van der Waals surface area contributed by atoms with Crippen LogP contribution in [0.25, 0.3) is 5.69 Å². The van der Waals surface area contributed by atoms with E-state index >= 15 is 8.78 Å². The third-order valence-electron chi connectivity index (χ3n) is 8.32. The Morgan fingerprint density at radius 1 is 1.00 bits per heavy atom. The Morgan fingerprint density at radius 3 is 2.31 bits per heavy atom. The number of hydrogen-bond acceptors (Lipinski definition) is 10. The fourth-order valence-electron chi connectivity index (χ4n) is 5.66. The van der Waals surface area contributed by atoms with Gasteiger partial charge < -0.3 is 20.1 Å². The molecule has 0 bridgehead atoms. The smallest absolute Gasteiger partial charge is 0.335 e. The fourth-order valence-corrected chi connectivity index (χ4v) is 6.66. The van der Waals surface area contributed by atoms with Crippen LogP contribution in [0, 0.1) is 11.6 Å². The van der Waals surface area contributed by atoms with E-state index in [0.29, 0.717) is 42.0 Å². The van der Waals surface area contributed by atoms with Gasteiger partial charge in [0.15, 0.2) is 0 Å². The molecule has 2 aromatic heterocycles. The first-order valence-corrected chi connectivity index (χ1v) is 18.6. The highest BCUT2D eigenvalue weighted by molar-refractivity contribution is 7.92. The van der Waals surface area contributed by atoms with Crippen LogP contribution in [-0.4, -0.2) is 64.6 Å². The van der Waals surface area contributed by atoms with Crippen LogP contribution in [0.1, 0.15) is 72.3 Å². The Kier molecular flexibility index (Phi) is 11.7. The third-order valence-corrected chi connectivity index (χ3v) is 9.67. The number of nitrogens with one attached hydrogen (secondary N) is 3. The van der Waals surface area contributed by atoms with Gasteiger partial charge in [-0.25, -0.2) is 36.3 Å². The van der Waals surface area contributed by atoms with Crippen LogP contribution >= 0.6 is 0 Å². The summed E-state index contributed by atoms with van der Waals surface area (Å²) in [5.41, 5.74) is -1.65. The predicted octanol–water partition coefficient (Wildman–Crippen LogP) is 2.90. The van der Waals surface area contributed by atoms with Crippen molar-refractivity contribution >= 4 is 33.5 Å². The number of aromatic nitrogens is 3. The molecule has 0 saturated carbocycles. The van der Waals surface area contributed by atoms with E-state index in [4.69, 9.17) is 9.47 Å². The first-order valence-electron chi connectivity index (χ1n) is 17.1. The highest BCUT2D eigenvalue weighted by Crippen LogP contribution is 2.24. The number of carbonyl (C=O) groups excluding carboxylic acids is 3. The lowest BCUT2D eigenvalue weighted by atomic mass is 10.0. The van der Waals surface area contributed by atoms with E-state index in [1.54, 1.807) is 41.7 Å². The van der Waals surface area contributed by atoms with Crippen LogP contribution < -0.4 is 26.6 Å². The lowest BCUT2D eigenvalue weighted by Crippen LogP contribution is -2.44. The second-order valence-electron chi connectivity index (χ2n) is 14.1. The molecule has 4 aromatic rings. The van der Waals surface area contributed by atoms with E-state index in [2.05, 4.69) is 15.6 Å². The van der Waals surface area contributed by atoms with Crippen molar-refractivity contribution in [2.45, 2.75) is 76.6 Å². The van der Waals surface area contributed by atoms with Gasteiger partial charge in [0, 0.05) is 43.3 Å². The van der Waals surface area contributed by atoms with Gasteiger partial charge in [-0.3, -0.25) is 23.7 Å². The Balaban J connectivity index is 1.34. The maximum absolute atomic E-state index is 15.3. The van der Waals surface area contributed by atoms with Gasteiger partial charge in [-0.15, -0.1) is 0 Å². The standard InChI is InChI=1S/C37H40F2N6O9S/c1-20(2)54-35(49)30(15-21-7-9-22(10-8-21)45-34(48)24-13-14-53-19-31(24)44(6)36(45)50)41-32(46)25-16-27(39)29(17-26(25)38)43-55(51,52)23-11-12-28(40-18-23)33(47)42-37(3,4)5/h7-12,16-18,20,30,43H,13-15,19H2,1-6H3,(H,41,46)(H,42,47)/t30-/m0/s1. The number of benzene rings is 2. The highest BCUT2D eigenvalue weighted by Gasteiger charge is 2.28. The molecule has 5 rings (SSSR count). The van der Waals surface area contributed by atoms with Gasteiger partial charge in [0.25, 0.3) is 27.4 Å². The van der Waals surface area contributed by atoms with Crippen molar-refractivity contribution in [2.75, 3.05) is 11.3 Å². The molecule has 0 unspecified atom stereocenters. The summed E-state index contributed by atoms with van der Waals surface area (Å²) in [5.74, 6) is -5.25. The molecule has 292 valence electrons. The molecule has 0 radical (unpaired) electrons. The summed E-state index contributed by atoms with van der Waals surface area (Å²) in [6.45, 7) is 8.90. The number of anilines is 1. The van der Waals surface area contributed by atoms with E-state index in [1.807, 2.05) is 4.72 Å². The minimum atomic E-state index is -4.53. The molecular weight excluding hydrogens is 743 g/mol. The molecule has 1 aliphatic rings. The molecule has 15 nitrogen and oxygen atoms in total. The van der Waals surface area contributed by atoms with Crippen LogP contribution in [-0.2, 0) is 50.8 Å². The van der Waals surface area contributed by atoms with Gasteiger partial charge >= 0.3 is 11.7 Å². The number of hydrogen-bond donors (Lipinski definition) is 3. The van der Waals surface area contributed by atoms with Crippen LogP contribution in [0.4, 0.5) is 14.5 Å². The van der Waals surface area contributed by atoms with E-state index in [-0.39, 0.29) is 24.4 Å². The molecule has 3 N–H and O–H groups in total. The van der Waals surface area contributed by atoms with Gasteiger partial charge in [0.05, 0.1) is 41.9 Å². The second-order valence-corrected chi connectivity index (χ2v) is 15.8. The Morgan fingerprint density at radius 2 is 1.69 bits per heavy atom. The Labute approximate surface area is 314 Å². The third kappa shape index (κ3) is 9.32. The normalized spacial score (nSPS) is 13.5. The van der Waals surface area contributed by atoms with Crippen molar-refractivity contribution in [3.05, 3.63) is 115 Å². The zero-order valence-corrected chi connectivity index (χ0v) is 31.7. The van der Waals surface area contributed by atoms with Crippen molar-refractivity contribution in [2.24, 2.45) is 7.05 Å². The summed E-state index contributed by atoms with van der Waals surface area (Å²) in [7, 11) is -2.98. The summed E-state index contributed by atoms with van der Waals surface area (Å²) in [5, 5.41) is 5.04. The molecule has 55 heavy (non-hydrogen) atoms. The SMILES string of the molecule is CC(C)OC(=O)[C@H](Cc1ccc(-n2c(=O)c3c(n(C)c2=O)COCC3)cc1)NC(=O)c1cc(F)c(NS(=O)(=O)c2ccc(C(=O)NC(C)(C)C)nc2)cc1F. The number of esters is 1. The van der Waals surface area contributed by atoms with Crippen LogP contribution in [0.15, 0.2) is 69.2 Å². The quantitative estimate of drug-likeness (QED) is 0.190. The number of halogens is 2. The first kappa shape index (κ1) is 40.4. The average molecular weight is 783 g/mol. The topological polar surface area (TPSA) is 197 Å². The maximum atomic E-state index is 15.3. The molecule has 1 atom stereocenters. The lowest BCUT2D eigenvalue weighted by Gasteiger charge is -2.21. The zero-order valence-electron chi connectivity index (χ0n) is 30.9. The Bertz CT molecular complexity index is 2370. The highest BCUT2D eigenvalue weighted by atomic mass is 32.2. The molecule has 18 heteroatoms. The maximum Gasteiger partial charge on any atom is 0.335 e. The van der Waals surface area contributed by atoms with Crippen LogP contribution in [0.3, 0.4) is 0 Å². The number of pyridine rings is 1. The number of ether oxygens (including phenoxy) is 2. The number of nitrogens with zero attached hydrogens (tertiary/aromatic N) is 3. The van der Waals surface area contributed by atoms with Crippen molar-refractivity contribution in [1.29, 1.82) is 0 Å². The number of amides is 2. The minimum absolute atomic E-state index is 0.0700. The lowest BCUT2D eigenvalue weighted by molar-refractivity contribution is -0.149. The largest absolute Gasteiger partial charge is 0.461 e. The zero-order chi connectivity index (χ0) is 40.4. The predicted molar refractivity (Wildman–Crippen MR) is 195 cm³/mol. The van der Waals surface area contributed by atoms with E-state index in [1.165, 1.54) is 28.8 Å². The summed E-state index contributed by atoms with van der Waals surface area (Å²) in [4.78, 5) is 68.5. The Hall–Kier alpha value is -5.75.